The Labute approximate surface area is 123 Å². The zero-order chi connectivity index (χ0) is 13.3. The van der Waals surface area contributed by atoms with Gasteiger partial charge in [0.25, 0.3) is 0 Å². The summed E-state index contributed by atoms with van der Waals surface area (Å²) >= 11 is 6.74. The van der Waals surface area contributed by atoms with Crippen LogP contribution in [0.5, 0.6) is 0 Å². The molecule has 1 aromatic carbocycles. The number of nitrogens with two attached hydrogens (primary N) is 1. The Morgan fingerprint density at radius 2 is 2.22 bits per heavy atom. The monoisotopic (exact) mass is 376 g/mol. The van der Waals surface area contributed by atoms with Gasteiger partial charge in [0.15, 0.2) is 0 Å². The smallest absolute Gasteiger partial charge is 0.230 e. The van der Waals surface area contributed by atoms with Crippen LogP contribution in [0.3, 0.4) is 0 Å². The largest absolute Gasteiger partial charge is 0.397 e. The van der Waals surface area contributed by atoms with Gasteiger partial charge in [0.05, 0.1) is 30.0 Å². The maximum atomic E-state index is 12.1. The van der Waals surface area contributed by atoms with E-state index in [1.807, 2.05) is 13.0 Å². The molecule has 3 N–H and O–H groups in total. The molecular weight excluding hydrogens is 364 g/mol. The summed E-state index contributed by atoms with van der Waals surface area (Å²) in [6.45, 7) is 2.44. The van der Waals surface area contributed by atoms with Crippen LogP contribution in [-0.2, 0) is 9.53 Å². The van der Waals surface area contributed by atoms with Crippen molar-refractivity contribution >= 4 is 49.1 Å². The maximum absolute atomic E-state index is 12.1. The summed E-state index contributed by atoms with van der Waals surface area (Å²) < 4.78 is 7.02. The van der Waals surface area contributed by atoms with Crippen molar-refractivity contribution in [3.63, 3.8) is 0 Å². The topological polar surface area (TPSA) is 64.4 Å². The fraction of sp³-hybridized carbons (Fsp3) is 0.417. The van der Waals surface area contributed by atoms with E-state index in [0.717, 1.165) is 15.4 Å². The lowest BCUT2D eigenvalue weighted by Crippen LogP contribution is -2.23. The molecule has 6 heteroatoms. The molecule has 1 aliphatic heterocycles. The Kier molecular flexibility index (Phi) is 4.29. The maximum Gasteiger partial charge on any atom is 0.230 e. The summed E-state index contributed by atoms with van der Waals surface area (Å²) in [6, 6.07) is 3.61. The third kappa shape index (κ3) is 3.05. The average Bonchev–Trinajstić information content (AvgIpc) is 2.70. The molecule has 0 spiro atoms. The van der Waals surface area contributed by atoms with Gasteiger partial charge in [-0.3, -0.25) is 4.79 Å². The van der Waals surface area contributed by atoms with Gasteiger partial charge in [0, 0.05) is 8.95 Å². The number of hydrogen-bond donors (Lipinski definition) is 2. The van der Waals surface area contributed by atoms with Crippen LogP contribution < -0.4 is 11.1 Å². The zero-order valence-corrected chi connectivity index (χ0v) is 13.0. The van der Waals surface area contributed by atoms with Crippen LogP contribution >= 0.6 is 31.9 Å². The lowest BCUT2D eigenvalue weighted by atomic mass is 10.1. The summed E-state index contributed by atoms with van der Waals surface area (Å²) in [5.74, 6) is -0.149. The highest BCUT2D eigenvalue weighted by molar-refractivity contribution is 9.11. The number of rotatable bonds is 2. The first-order valence-electron chi connectivity index (χ1n) is 5.64. The number of amides is 1. The second-order valence-corrected chi connectivity index (χ2v) is 6.19. The summed E-state index contributed by atoms with van der Waals surface area (Å²) in [5, 5.41) is 2.86. The Hall–Kier alpha value is -0.590. The predicted molar refractivity (Wildman–Crippen MR) is 78.4 cm³/mol. The van der Waals surface area contributed by atoms with E-state index in [-0.39, 0.29) is 17.9 Å². The van der Waals surface area contributed by atoms with Crippen molar-refractivity contribution in [2.24, 2.45) is 5.92 Å². The van der Waals surface area contributed by atoms with Gasteiger partial charge in [-0.25, -0.2) is 0 Å². The van der Waals surface area contributed by atoms with E-state index >= 15 is 0 Å². The van der Waals surface area contributed by atoms with E-state index in [0.29, 0.717) is 18.0 Å². The molecule has 0 aliphatic carbocycles. The van der Waals surface area contributed by atoms with E-state index in [2.05, 4.69) is 37.2 Å². The fourth-order valence-corrected chi connectivity index (χ4v) is 3.31. The molecule has 1 amide bonds. The number of anilines is 2. The average molecular weight is 378 g/mol. The highest BCUT2D eigenvalue weighted by atomic mass is 79.9. The third-order valence-corrected chi connectivity index (χ3v) is 3.99. The number of halogens is 2. The molecule has 2 atom stereocenters. The minimum absolute atomic E-state index is 0.0472. The molecule has 0 saturated carbocycles. The Morgan fingerprint density at radius 1 is 1.50 bits per heavy atom. The van der Waals surface area contributed by atoms with Gasteiger partial charge >= 0.3 is 0 Å². The van der Waals surface area contributed by atoms with E-state index in [4.69, 9.17) is 10.5 Å². The third-order valence-electron chi connectivity index (χ3n) is 2.90. The van der Waals surface area contributed by atoms with Crippen molar-refractivity contribution in [2.75, 3.05) is 17.7 Å². The number of carbonyl (C=O) groups is 1. The first-order chi connectivity index (χ1) is 8.47. The lowest BCUT2D eigenvalue weighted by molar-refractivity contribution is -0.119. The quantitative estimate of drug-likeness (QED) is 0.778. The molecule has 1 saturated heterocycles. The Morgan fingerprint density at radius 3 is 2.78 bits per heavy atom. The standard InChI is InChI=1S/C12H14Br2N2O2/c1-6-2-7(5-18-6)12(17)16-11-9(14)3-8(13)4-10(11)15/h3-4,6-7H,2,5,15H2,1H3,(H,16,17). The van der Waals surface area contributed by atoms with Crippen molar-refractivity contribution in [2.45, 2.75) is 19.4 Å². The van der Waals surface area contributed by atoms with Crippen LogP contribution in [0.15, 0.2) is 21.1 Å². The minimum atomic E-state index is -0.102. The number of ether oxygens (including phenoxy) is 1. The number of benzene rings is 1. The van der Waals surface area contributed by atoms with Crippen molar-refractivity contribution in [3.05, 3.63) is 21.1 Å². The number of nitrogen functional groups attached to an aromatic ring is 1. The normalized spacial score (nSPS) is 23.1. The van der Waals surface area contributed by atoms with Gasteiger partial charge in [-0.2, -0.15) is 0 Å². The highest BCUT2D eigenvalue weighted by Crippen LogP contribution is 2.33. The summed E-state index contributed by atoms with van der Waals surface area (Å²) in [4.78, 5) is 12.1. The SMILES string of the molecule is CC1CC(C(=O)Nc2c(N)cc(Br)cc2Br)CO1. The fourth-order valence-electron chi connectivity index (χ4n) is 1.95. The molecule has 1 aliphatic rings. The van der Waals surface area contributed by atoms with Crippen molar-refractivity contribution in [3.8, 4) is 0 Å². The van der Waals surface area contributed by atoms with Gasteiger partial charge in [-0.1, -0.05) is 15.9 Å². The molecule has 0 radical (unpaired) electrons. The molecule has 1 fully saturated rings. The van der Waals surface area contributed by atoms with E-state index in [9.17, 15) is 4.79 Å². The molecule has 1 heterocycles. The molecule has 18 heavy (non-hydrogen) atoms. The molecule has 1 aromatic rings. The van der Waals surface area contributed by atoms with E-state index in [1.165, 1.54) is 0 Å². The first kappa shape index (κ1) is 13.8. The lowest BCUT2D eigenvalue weighted by Gasteiger charge is -2.13. The molecule has 4 nitrogen and oxygen atoms in total. The Balaban J connectivity index is 2.12. The van der Waals surface area contributed by atoms with Gasteiger partial charge in [-0.05, 0) is 41.4 Å². The predicted octanol–water partition coefficient (Wildman–Crippen LogP) is 3.16. The van der Waals surface area contributed by atoms with E-state index in [1.54, 1.807) is 6.07 Å². The number of hydrogen-bond acceptors (Lipinski definition) is 3. The first-order valence-corrected chi connectivity index (χ1v) is 7.23. The highest BCUT2D eigenvalue weighted by Gasteiger charge is 2.28. The van der Waals surface area contributed by atoms with Crippen molar-refractivity contribution in [1.29, 1.82) is 0 Å². The summed E-state index contributed by atoms with van der Waals surface area (Å²) in [7, 11) is 0. The second kappa shape index (κ2) is 5.59. The molecule has 0 aromatic heterocycles. The summed E-state index contributed by atoms with van der Waals surface area (Å²) in [5.41, 5.74) is 7.03. The zero-order valence-electron chi connectivity index (χ0n) is 9.87. The van der Waals surface area contributed by atoms with Crippen molar-refractivity contribution < 1.29 is 9.53 Å². The van der Waals surface area contributed by atoms with Gasteiger partial charge < -0.3 is 15.8 Å². The van der Waals surface area contributed by atoms with Crippen LogP contribution in [0.1, 0.15) is 13.3 Å². The van der Waals surface area contributed by atoms with Gasteiger partial charge in [-0.15, -0.1) is 0 Å². The minimum Gasteiger partial charge on any atom is -0.397 e. The van der Waals surface area contributed by atoms with Crippen LogP contribution in [-0.4, -0.2) is 18.6 Å². The molecule has 98 valence electrons. The molecule has 2 rings (SSSR count). The van der Waals surface area contributed by atoms with Crippen LogP contribution in [0.25, 0.3) is 0 Å². The van der Waals surface area contributed by atoms with Crippen LogP contribution in [0.4, 0.5) is 11.4 Å². The molecule has 2 unspecified atom stereocenters. The number of nitrogens with one attached hydrogen (secondary N) is 1. The molecule has 0 bridgehead atoms. The number of carbonyl (C=O) groups excluding carboxylic acids is 1. The Bertz CT molecular complexity index is 456. The second-order valence-electron chi connectivity index (χ2n) is 4.42. The van der Waals surface area contributed by atoms with Crippen LogP contribution in [0.2, 0.25) is 0 Å². The summed E-state index contributed by atoms with van der Waals surface area (Å²) in [6.07, 6.45) is 0.895. The molecular formula is C12H14Br2N2O2. The van der Waals surface area contributed by atoms with Crippen LogP contribution in [0, 0.1) is 5.92 Å². The van der Waals surface area contributed by atoms with Gasteiger partial charge in [0.1, 0.15) is 0 Å². The van der Waals surface area contributed by atoms with Crippen molar-refractivity contribution in [1.82, 2.24) is 0 Å². The van der Waals surface area contributed by atoms with E-state index < -0.39 is 0 Å². The van der Waals surface area contributed by atoms with Gasteiger partial charge in [0.2, 0.25) is 5.91 Å².